The van der Waals surface area contributed by atoms with E-state index in [0.29, 0.717) is 25.2 Å². The number of nitrogens with one attached hydrogen (secondary N) is 1. The second-order valence-corrected chi connectivity index (χ2v) is 8.16. The second-order valence-electron chi connectivity index (χ2n) is 7.38. The Bertz CT molecular complexity index is 792. The molecule has 150 valence electrons. The molecule has 1 N–H and O–H groups in total. The van der Waals surface area contributed by atoms with Crippen LogP contribution in [0.5, 0.6) is 0 Å². The fourth-order valence-electron chi connectivity index (χ4n) is 3.56. The monoisotopic (exact) mass is 403 g/mol. The number of hydrogen-bond donors (Lipinski definition) is 1. The normalized spacial score (nSPS) is 18.1. The van der Waals surface area contributed by atoms with Crippen molar-refractivity contribution in [2.45, 2.75) is 18.9 Å². The van der Waals surface area contributed by atoms with Crippen LogP contribution in [0.4, 0.5) is 4.39 Å². The molecule has 1 aromatic heterocycles. The number of piperidine rings is 1. The van der Waals surface area contributed by atoms with Crippen LogP contribution >= 0.6 is 11.3 Å². The average Bonchev–Trinajstić information content (AvgIpc) is 3.22. The van der Waals surface area contributed by atoms with Gasteiger partial charge in [0.05, 0.1) is 12.0 Å². The van der Waals surface area contributed by atoms with Crippen LogP contribution in [0.3, 0.4) is 0 Å². The summed E-state index contributed by atoms with van der Waals surface area (Å²) in [7, 11) is 4.00. The third-order valence-electron chi connectivity index (χ3n) is 5.19. The lowest BCUT2D eigenvalue weighted by molar-refractivity contribution is -0.126. The summed E-state index contributed by atoms with van der Waals surface area (Å²) in [6, 6.07) is 7.75. The molecular formula is C21H26FN3O2S. The first-order chi connectivity index (χ1) is 13.5. The number of halogens is 1. The number of benzene rings is 1. The lowest BCUT2D eigenvalue weighted by Crippen LogP contribution is -2.46. The molecule has 1 saturated heterocycles. The smallest absolute Gasteiger partial charge is 0.253 e. The molecule has 0 saturated carbocycles. The molecule has 28 heavy (non-hydrogen) atoms. The highest BCUT2D eigenvalue weighted by Gasteiger charge is 2.29. The van der Waals surface area contributed by atoms with Gasteiger partial charge in [-0.05, 0) is 73.6 Å². The highest BCUT2D eigenvalue weighted by molar-refractivity contribution is 7.07. The molecule has 7 heteroatoms. The lowest BCUT2D eigenvalue weighted by atomic mass is 9.96. The molecule has 0 aliphatic carbocycles. The lowest BCUT2D eigenvalue weighted by Gasteiger charge is -2.33. The van der Waals surface area contributed by atoms with E-state index in [2.05, 4.69) is 21.7 Å². The Morgan fingerprint density at radius 1 is 1.29 bits per heavy atom. The fraction of sp³-hybridized carbons (Fsp3) is 0.429. The highest BCUT2D eigenvalue weighted by atomic mass is 32.1. The van der Waals surface area contributed by atoms with Crippen LogP contribution in [0.1, 0.15) is 34.8 Å². The van der Waals surface area contributed by atoms with E-state index >= 15 is 0 Å². The number of rotatable bonds is 6. The van der Waals surface area contributed by atoms with Gasteiger partial charge in [-0.1, -0.05) is 0 Å². The van der Waals surface area contributed by atoms with Gasteiger partial charge < -0.3 is 15.1 Å². The average molecular weight is 404 g/mol. The van der Waals surface area contributed by atoms with E-state index < -0.39 is 0 Å². The van der Waals surface area contributed by atoms with Crippen molar-refractivity contribution in [1.82, 2.24) is 15.1 Å². The molecule has 2 amide bonds. The summed E-state index contributed by atoms with van der Waals surface area (Å²) in [5, 5.41) is 7.20. The molecule has 2 unspecified atom stereocenters. The first-order valence-corrected chi connectivity index (χ1v) is 10.4. The highest BCUT2D eigenvalue weighted by Crippen LogP contribution is 2.22. The van der Waals surface area contributed by atoms with Crippen LogP contribution < -0.4 is 5.32 Å². The van der Waals surface area contributed by atoms with Gasteiger partial charge in [-0.25, -0.2) is 4.39 Å². The fourth-order valence-corrected chi connectivity index (χ4v) is 4.26. The topological polar surface area (TPSA) is 52.7 Å². The zero-order valence-corrected chi connectivity index (χ0v) is 17.0. The van der Waals surface area contributed by atoms with Crippen LogP contribution in [0.25, 0.3) is 0 Å². The van der Waals surface area contributed by atoms with Gasteiger partial charge in [0.15, 0.2) is 0 Å². The summed E-state index contributed by atoms with van der Waals surface area (Å²) in [6.07, 6.45) is 1.55. The quantitative estimate of drug-likeness (QED) is 0.806. The van der Waals surface area contributed by atoms with Crippen LogP contribution in [-0.4, -0.2) is 55.3 Å². The van der Waals surface area contributed by atoms with E-state index in [0.717, 1.165) is 12.8 Å². The second kappa shape index (κ2) is 9.30. The first kappa shape index (κ1) is 20.5. The Morgan fingerprint density at radius 2 is 2.04 bits per heavy atom. The van der Waals surface area contributed by atoms with E-state index in [1.807, 2.05) is 19.5 Å². The van der Waals surface area contributed by atoms with Crippen LogP contribution in [0, 0.1) is 11.7 Å². The molecule has 0 spiro atoms. The minimum Gasteiger partial charge on any atom is -0.354 e. The minimum atomic E-state index is -0.367. The number of hydrogen-bond acceptors (Lipinski definition) is 4. The Hall–Kier alpha value is -2.25. The van der Waals surface area contributed by atoms with Gasteiger partial charge in [0.1, 0.15) is 5.82 Å². The molecule has 1 aromatic carbocycles. The molecule has 5 nitrogen and oxygen atoms in total. The molecule has 1 fully saturated rings. The van der Waals surface area contributed by atoms with E-state index in [9.17, 15) is 14.0 Å². The zero-order valence-electron chi connectivity index (χ0n) is 16.2. The third kappa shape index (κ3) is 4.97. The number of amides is 2. The van der Waals surface area contributed by atoms with E-state index in [1.165, 1.54) is 29.8 Å². The van der Waals surface area contributed by atoms with Gasteiger partial charge in [-0.2, -0.15) is 11.3 Å². The maximum absolute atomic E-state index is 13.1. The largest absolute Gasteiger partial charge is 0.354 e. The maximum Gasteiger partial charge on any atom is 0.253 e. The Kier molecular flexibility index (Phi) is 6.80. The summed E-state index contributed by atoms with van der Waals surface area (Å²) < 4.78 is 13.1. The maximum atomic E-state index is 13.1. The number of likely N-dealkylation sites (tertiary alicyclic amines) is 1. The van der Waals surface area contributed by atoms with Crippen molar-refractivity contribution in [2.24, 2.45) is 5.92 Å². The van der Waals surface area contributed by atoms with Gasteiger partial charge >= 0.3 is 0 Å². The van der Waals surface area contributed by atoms with Crippen LogP contribution in [0.15, 0.2) is 41.1 Å². The summed E-state index contributed by atoms with van der Waals surface area (Å²) in [5.74, 6) is -0.752. The van der Waals surface area contributed by atoms with Gasteiger partial charge in [-0.15, -0.1) is 0 Å². The van der Waals surface area contributed by atoms with Gasteiger partial charge in [-0.3, -0.25) is 9.59 Å². The predicted molar refractivity (Wildman–Crippen MR) is 109 cm³/mol. The van der Waals surface area contributed by atoms with Crippen molar-refractivity contribution in [3.05, 3.63) is 58.0 Å². The summed E-state index contributed by atoms with van der Waals surface area (Å²) in [6.45, 7) is 1.55. The first-order valence-electron chi connectivity index (χ1n) is 9.47. The minimum absolute atomic E-state index is 0.0151. The zero-order chi connectivity index (χ0) is 20.1. The Labute approximate surface area is 169 Å². The van der Waals surface area contributed by atoms with Crippen molar-refractivity contribution >= 4 is 23.2 Å². The predicted octanol–water partition coefficient (Wildman–Crippen LogP) is 3.16. The molecule has 1 aliphatic rings. The Morgan fingerprint density at radius 3 is 2.68 bits per heavy atom. The van der Waals surface area contributed by atoms with Crippen molar-refractivity contribution in [2.75, 3.05) is 33.7 Å². The van der Waals surface area contributed by atoms with Crippen LogP contribution in [0.2, 0.25) is 0 Å². The number of thiophene rings is 1. The van der Waals surface area contributed by atoms with Crippen molar-refractivity contribution in [1.29, 1.82) is 0 Å². The van der Waals surface area contributed by atoms with E-state index in [-0.39, 0.29) is 29.6 Å². The molecule has 2 atom stereocenters. The number of likely N-dealkylation sites (N-methyl/N-ethyl adjacent to an activating group) is 1. The number of carbonyl (C=O) groups excluding carboxylic acids is 2. The van der Waals surface area contributed by atoms with Crippen molar-refractivity contribution < 1.29 is 14.0 Å². The van der Waals surface area contributed by atoms with Crippen molar-refractivity contribution in [3.63, 3.8) is 0 Å². The number of nitrogens with zero attached hydrogens (tertiary/aromatic N) is 2. The summed E-state index contributed by atoms with van der Waals surface area (Å²) in [5.41, 5.74) is 1.64. The van der Waals surface area contributed by atoms with E-state index in [1.54, 1.807) is 16.2 Å². The van der Waals surface area contributed by atoms with Crippen molar-refractivity contribution in [3.8, 4) is 0 Å². The molecule has 3 rings (SSSR count). The third-order valence-corrected chi connectivity index (χ3v) is 5.89. The summed E-state index contributed by atoms with van der Waals surface area (Å²) in [4.78, 5) is 29.2. The van der Waals surface area contributed by atoms with Crippen LogP contribution in [-0.2, 0) is 4.79 Å². The summed E-state index contributed by atoms with van der Waals surface area (Å²) >= 11 is 1.64. The molecular weight excluding hydrogens is 377 g/mol. The number of carbonyl (C=O) groups is 2. The van der Waals surface area contributed by atoms with Gasteiger partial charge in [0, 0.05) is 25.2 Å². The molecule has 2 aromatic rings. The van der Waals surface area contributed by atoms with Gasteiger partial charge in [0.25, 0.3) is 5.91 Å². The molecule has 2 heterocycles. The van der Waals surface area contributed by atoms with Gasteiger partial charge in [0.2, 0.25) is 5.91 Å². The molecule has 1 aliphatic heterocycles. The Balaban J connectivity index is 1.58. The van der Waals surface area contributed by atoms with E-state index in [4.69, 9.17) is 0 Å². The molecule has 0 bridgehead atoms. The SMILES string of the molecule is CN(C)C(CNC(=O)C1CCCN(C(=O)c2ccc(F)cc2)C1)c1ccsc1. The standard InChI is InChI=1S/C21H26FN3O2S/c1-24(2)19(17-9-11-28-14-17)12-23-20(26)16-4-3-10-25(13-16)21(27)15-5-7-18(22)8-6-15/h5-9,11,14,16,19H,3-4,10,12-13H2,1-2H3,(H,23,26). The molecule has 0 radical (unpaired) electrons.